The summed E-state index contributed by atoms with van der Waals surface area (Å²) in [6, 6.07) is 3.98. The van der Waals surface area contributed by atoms with Gasteiger partial charge in [0, 0.05) is 24.1 Å². The fourth-order valence-electron chi connectivity index (χ4n) is 2.46. The zero-order chi connectivity index (χ0) is 16.7. The molecule has 1 aromatic rings. The van der Waals surface area contributed by atoms with Crippen molar-refractivity contribution in [3.63, 3.8) is 0 Å². The van der Waals surface area contributed by atoms with Crippen molar-refractivity contribution >= 4 is 18.4 Å². The minimum absolute atomic E-state index is 0.411. The molecular formula is C16H22BN3O3. The molecule has 1 aromatic heterocycles. The van der Waals surface area contributed by atoms with Gasteiger partial charge in [0.1, 0.15) is 11.9 Å². The molecule has 122 valence electrons. The van der Waals surface area contributed by atoms with Crippen LogP contribution in [0.5, 0.6) is 0 Å². The van der Waals surface area contributed by atoms with Gasteiger partial charge in [-0.05, 0) is 33.8 Å². The van der Waals surface area contributed by atoms with Gasteiger partial charge in [-0.3, -0.25) is 0 Å². The van der Waals surface area contributed by atoms with Crippen molar-refractivity contribution in [2.75, 3.05) is 25.1 Å². The molecule has 0 atom stereocenters. The van der Waals surface area contributed by atoms with E-state index in [1.165, 1.54) is 0 Å². The molecule has 2 aliphatic heterocycles. The molecule has 6 nitrogen and oxygen atoms in total. The molecule has 23 heavy (non-hydrogen) atoms. The summed E-state index contributed by atoms with van der Waals surface area (Å²) >= 11 is 0. The van der Waals surface area contributed by atoms with Crippen molar-refractivity contribution in [3.05, 3.63) is 17.8 Å². The highest BCUT2D eigenvalue weighted by Gasteiger charge is 2.51. The molecule has 0 bridgehead atoms. The maximum atomic E-state index is 9.39. The molecule has 0 saturated carbocycles. The molecule has 7 heteroatoms. The van der Waals surface area contributed by atoms with Crippen LogP contribution in [-0.2, 0) is 14.0 Å². The summed E-state index contributed by atoms with van der Waals surface area (Å²) in [4.78, 5) is 4.39. The molecule has 3 rings (SSSR count). The number of pyridine rings is 1. The Balaban J connectivity index is 1.75. The highest BCUT2D eigenvalue weighted by atomic mass is 16.7. The lowest BCUT2D eigenvalue weighted by atomic mass is 9.79. The predicted octanol–water partition coefficient (Wildman–Crippen LogP) is 1.31. The summed E-state index contributed by atoms with van der Waals surface area (Å²) < 4.78 is 17.2. The first-order valence-electron chi connectivity index (χ1n) is 7.90. The zero-order valence-electron chi connectivity index (χ0n) is 14.0. The molecule has 2 fully saturated rings. The van der Waals surface area contributed by atoms with Crippen LogP contribution in [0, 0.1) is 17.2 Å². The molecule has 0 amide bonds. The monoisotopic (exact) mass is 315 g/mol. The van der Waals surface area contributed by atoms with Gasteiger partial charge in [-0.15, -0.1) is 0 Å². The largest absolute Gasteiger partial charge is 0.496 e. The summed E-state index contributed by atoms with van der Waals surface area (Å²) in [7, 11) is -0.506. The predicted molar refractivity (Wildman–Crippen MR) is 87.5 cm³/mol. The highest BCUT2D eigenvalue weighted by Crippen LogP contribution is 2.36. The van der Waals surface area contributed by atoms with Crippen molar-refractivity contribution in [2.45, 2.75) is 38.9 Å². The van der Waals surface area contributed by atoms with Gasteiger partial charge in [-0.25, -0.2) is 4.98 Å². The number of nitriles is 1. The Kier molecular flexibility index (Phi) is 4.09. The maximum absolute atomic E-state index is 9.39. The molecule has 0 unspecified atom stereocenters. The van der Waals surface area contributed by atoms with Crippen molar-refractivity contribution in [3.8, 4) is 6.07 Å². The van der Waals surface area contributed by atoms with Crippen molar-refractivity contribution in [1.29, 1.82) is 5.26 Å². The van der Waals surface area contributed by atoms with Crippen molar-refractivity contribution < 1.29 is 14.0 Å². The quantitative estimate of drug-likeness (QED) is 0.844. The minimum Gasteiger partial charge on any atom is -0.399 e. The first-order valence-corrected chi connectivity index (χ1v) is 7.90. The van der Waals surface area contributed by atoms with Crippen LogP contribution in [0.25, 0.3) is 0 Å². The fraction of sp³-hybridized carbons (Fsp3) is 0.625. The summed E-state index contributed by atoms with van der Waals surface area (Å²) in [6.07, 6.45) is 1.71. The van der Waals surface area contributed by atoms with Gasteiger partial charge in [-0.1, -0.05) is 0 Å². The molecule has 0 aliphatic carbocycles. The van der Waals surface area contributed by atoms with Crippen LogP contribution in [0.1, 0.15) is 33.3 Å². The van der Waals surface area contributed by atoms with Gasteiger partial charge in [0.2, 0.25) is 0 Å². The SMILES string of the molecule is CC1(C)OB(c2cnc(NCC3COC3)c(C#N)c2)OC1(C)C. The van der Waals surface area contributed by atoms with Crippen LogP contribution in [0.3, 0.4) is 0 Å². The second kappa shape index (κ2) is 5.79. The Hall–Kier alpha value is -1.62. The van der Waals surface area contributed by atoms with Crippen LogP contribution in [0.4, 0.5) is 5.82 Å². The van der Waals surface area contributed by atoms with Crippen LogP contribution in [0.2, 0.25) is 0 Å². The van der Waals surface area contributed by atoms with E-state index in [2.05, 4.69) is 16.4 Å². The lowest BCUT2D eigenvalue weighted by molar-refractivity contribution is -0.0248. The third-order valence-electron chi connectivity index (χ3n) is 4.82. The smallest absolute Gasteiger partial charge is 0.399 e. The maximum Gasteiger partial charge on any atom is 0.496 e. The van der Waals surface area contributed by atoms with Gasteiger partial charge in [-0.2, -0.15) is 5.26 Å². The third kappa shape index (κ3) is 3.07. The molecule has 2 saturated heterocycles. The van der Waals surface area contributed by atoms with E-state index in [0.717, 1.165) is 25.2 Å². The average Bonchev–Trinajstić information content (AvgIpc) is 2.66. The van der Waals surface area contributed by atoms with Gasteiger partial charge in [0.25, 0.3) is 0 Å². The third-order valence-corrected chi connectivity index (χ3v) is 4.82. The molecule has 2 aliphatic rings. The lowest BCUT2D eigenvalue weighted by Gasteiger charge is -2.32. The van der Waals surface area contributed by atoms with Gasteiger partial charge in [0.05, 0.1) is 30.0 Å². The highest BCUT2D eigenvalue weighted by molar-refractivity contribution is 6.62. The zero-order valence-corrected chi connectivity index (χ0v) is 14.0. The van der Waals surface area contributed by atoms with E-state index in [4.69, 9.17) is 14.0 Å². The molecule has 0 aromatic carbocycles. The topological polar surface area (TPSA) is 76.4 Å². The summed E-state index contributed by atoms with van der Waals surface area (Å²) in [5, 5.41) is 12.6. The Morgan fingerprint density at radius 3 is 2.48 bits per heavy atom. The number of rotatable bonds is 4. The molecule has 0 spiro atoms. The molecule has 1 N–H and O–H groups in total. The number of nitrogens with one attached hydrogen (secondary N) is 1. The van der Waals surface area contributed by atoms with Crippen molar-refractivity contribution in [1.82, 2.24) is 4.98 Å². The van der Waals surface area contributed by atoms with Gasteiger partial charge >= 0.3 is 7.12 Å². The molecule has 0 radical (unpaired) electrons. The van der Waals surface area contributed by atoms with Gasteiger partial charge < -0.3 is 19.4 Å². The van der Waals surface area contributed by atoms with E-state index in [0.29, 0.717) is 17.3 Å². The number of anilines is 1. The standard InChI is InChI=1S/C16H22BN3O3/c1-15(2)16(3,4)23-17(22-15)13-5-12(6-18)14(20-8-13)19-7-11-9-21-10-11/h5,8,11H,7,9-10H2,1-4H3,(H,19,20). The van der Waals surface area contributed by atoms with Crippen LogP contribution in [-0.4, -0.2) is 43.1 Å². The first kappa shape index (κ1) is 16.3. The number of ether oxygens (including phenoxy) is 1. The Labute approximate surface area is 137 Å². The molecule has 3 heterocycles. The second-order valence-electron chi connectivity index (χ2n) is 7.15. The Morgan fingerprint density at radius 1 is 1.30 bits per heavy atom. The average molecular weight is 315 g/mol. The van der Waals surface area contributed by atoms with E-state index >= 15 is 0 Å². The minimum atomic E-state index is -0.506. The second-order valence-corrected chi connectivity index (χ2v) is 7.15. The lowest BCUT2D eigenvalue weighted by Crippen LogP contribution is -2.41. The van der Waals surface area contributed by atoms with Crippen LogP contribution in [0.15, 0.2) is 12.3 Å². The summed E-state index contributed by atoms with van der Waals surface area (Å²) in [5.41, 5.74) is 0.437. The van der Waals surface area contributed by atoms with Crippen LogP contribution < -0.4 is 10.8 Å². The van der Waals surface area contributed by atoms with E-state index < -0.39 is 18.3 Å². The fourth-order valence-corrected chi connectivity index (χ4v) is 2.46. The van der Waals surface area contributed by atoms with E-state index in [1.54, 1.807) is 12.3 Å². The van der Waals surface area contributed by atoms with Crippen LogP contribution >= 0.6 is 0 Å². The van der Waals surface area contributed by atoms with Gasteiger partial charge in [0.15, 0.2) is 0 Å². The normalized spacial score (nSPS) is 22.5. The first-order chi connectivity index (χ1) is 10.8. The molecular weight excluding hydrogens is 293 g/mol. The summed E-state index contributed by atoms with van der Waals surface area (Å²) in [5.74, 6) is 1.09. The summed E-state index contributed by atoms with van der Waals surface area (Å²) in [6.45, 7) is 10.3. The number of nitrogens with zero attached hydrogens (tertiary/aromatic N) is 2. The number of aromatic nitrogens is 1. The number of hydrogen-bond acceptors (Lipinski definition) is 6. The Morgan fingerprint density at radius 2 is 1.96 bits per heavy atom. The van der Waals surface area contributed by atoms with Crippen molar-refractivity contribution in [2.24, 2.45) is 5.92 Å². The van der Waals surface area contributed by atoms with E-state index in [1.807, 2.05) is 27.7 Å². The van der Waals surface area contributed by atoms with E-state index in [-0.39, 0.29) is 0 Å². The Bertz CT molecular complexity index is 622. The number of hydrogen-bond donors (Lipinski definition) is 1. The van der Waals surface area contributed by atoms with E-state index in [9.17, 15) is 5.26 Å².